The second-order valence-corrected chi connectivity index (χ2v) is 4.61. The van der Waals surface area contributed by atoms with Crippen molar-refractivity contribution in [3.63, 3.8) is 0 Å². The van der Waals surface area contributed by atoms with Gasteiger partial charge < -0.3 is 5.32 Å². The van der Waals surface area contributed by atoms with Crippen molar-refractivity contribution in [3.05, 3.63) is 42.0 Å². The summed E-state index contributed by atoms with van der Waals surface area (Å²) >= 11 is 0. The molecule has 0 aromatic heterocycles. The Hall–Kier alpha value is -1.08. The van der Waals surface area contributed by atoms with Crippen molar-refractivity contribution >= 4 is 6.08 Å². The van der Waals surface area contributed by atoms with E-state index in [0.29, 0.717) is 0 Å². The van der Waals surface area contributed by atoms with Crippen molar-refractivity contribution in [2.24, 2.45) is 5.92 Å². The fraction of sp³-hybridized carbons (Fsp3) is 0.467. The lowest BCUT2D eigenvalue weighted by Gasteiger charge is -1.99. The van der Waals surface area contributed by atoms with Gasteiger partial charge in [-0.25, -0.2) is 0 Å². The second kappa shape index (κ2) is 5.86. The monoisotopic (exact) mass is 215 g/mol. The lowest BCUT2D eigenvalue weighted by Crippen LogP contribution is -2.17. The van der Waals surface area contributed by atoms with E-state index >= 15 is 0 Å². The summed E-state index contributed by atoms with van der Waals surface area (Å²) in [5.74, 6) is 0.954. The summed E-state index contributed by atoms with van der Waals surface area (Å²) in [6.07, 6.45) is 8.50. The minimum Gasteiger partial charge on any atom is -0.310 e. The molecule has 1 N–H and O–H groups in total. The quantitative estimate of drug-likeness (QED) is 0.766. The fourth-order valence-electron chi connectivity index (χ4n) is 2.17. The first-order valence-corrected chi connectivity index (χ1v) is 6.35. The van der Waals surface area contributed by atoms with Crippen LogP contribution in [0.15, 0.2) is 36.4 Å². The predicted octanol–water partition coefficient (Wildman–Crippen LogP) is 3.48. The lowest BCUT2D eigenvalue weighted by molar-refractivity contribution is 0.626. The summed E-state index contributed by atoms with van der Waals surface area (Å²) < 4.78 is 0. The zero-order chi connectivity index (χ0) is 11.2. The summed E-state index contributed by atoms with van der Waals surface area (Å²) in [6.45, 7) is 3.27. The molecule has 1 aliphatic rings. The van der Waals surface area contributed by atoms with Crippen LogP contribution in [0, 0.1) is 5.92 Å². The van der Waals surface area contributed by atoms with Gasteiger partial charge in [-0.1, -0.05) is 55.8 Å². The van der Waals surface area contributed by atoms with E-state index in [1.165, 1.54) is 24.8 Å². The highest BCUT2D eigenvalue weighted by molar-refractivity contribution is 5.48. The van der Waals surface area contributed by atoms with Gasteiger partial charge in [-0.05, 0) is 24.3 Å². The molecule has 0 radical (unpaired) electrons. The van der Waals surface area contributed by atoms with Gasteiger partial charge in [-0.3, -0.25) is 0 Å². The van der Waals surface area contributed by atoms with Crippen molar-refractivity contribution in [3.8, 4) is 0 Å². The van der Waals surface area contributed by atoms with E-state index < -0.39 is 0 Å². The molecular weight excluding hydrogens is 194 g/mol. The van der Waals surface area contributed by atoms with Crippen LogP contribution in [0.1, 0.15) is 31.7 Å². The molecule has 2 unspecified atom stereocenters. The Labute approximate surface area is 98.6 Å². The Morgan fingerprint density at radius 2 is 2.12 bits per heavy atom. The normalized spacial score (nSPS) is 23.8. The van der Waals surface area contributed by atoms with Crippen LogP contribution in [-0.4, -0.2) is 12.6 Å². The summed E-state index contributed by atoms with van der Waals surface area (Å²) in [5, 5.41) is 3.57. The van der Waals surface area contributed by atoms with Crippen molar-refractivity contribution in [1.29, 1.82) is 0 Å². The highest BCUT2D eigenvalue weighted by Gasteiger charge is 2.34. The van der Waals surface area contributed by atoms with Gasteiger partial charge in [0.25, 0.3) is 0 Å². The minimum atomic E-state index is 0.792. The van der Waals surface area contributed by atoms with E-state index in [4.69, 9.17) is 0 Å². The molecule has 0 saturated heterocycles. The maximum absolute atomic E-state index is 3.57. The van der Waals surface area contributed by atoms with Crippen LogP contribution in [0.3, 0.4) is 0 Å². The number of nitrogens with one attached hydrogen (secondary N) is 1. The zero-order valence-electron chi connectivity index (χ0n) is 10.0. The van der Waals surface area contributed by atoms with Crippen LogP contribution >= 0.6 is 0 Å². The van der Waals surface area contributed by atoms with Crippen molar-refractivity contribution in [2.45, 2.75) is 32.2 Å². The maximum Gasteiger partial charge on any atom is 0.0140 e. The molecule has 1 aromatic rings. The molecule has 0 spiro atoms. The van der Waals surface area contributed by atoms with E-state index in [1.807, 2.05) is 0 Å². The highest BCUT2D eigenvalue weighted by Crippen LogP contribution is 2.34. The van der Waals surface area contributed by atoms with E-state index in [2.05, 4.69) is 54.7 Å². The molecule has 1 saturated carbocycles. The van der Waals surface area contributed by atoms with Gasteiger partial charge >= 0.3 is 0 Å². The van der Waals surface area contributed by atoms with Crippen LogP contribution in [0.5, 0.6) is 0 Å². The fourth-order valence-corrected chi connectivity index (χ4v) is 2.17. The standard InChI is InChI=1S/C15H21N/c1-2-7-14-12-15(14)16-11-6-10-13-8-4-3-5-9-13/h3-6,8-10,14-16H,2,7,11-12H2,1H3/b10-6+. The van der Waals surface area contributed by atoms with Gasteiger partial charge in [-0.2, -0.15) is 0 Å². The highest BCUT2D eigenvalue weighted by atomic mass is 15.0. The molecular formula is C15H21N. The Balaban J connectivity index is 1.64. The largest absolute Gasteiger partial charge is 0.310 e. The molecule has 1 heteroatoms. The summed E-state index contributed by atoms with van der Waals surface area (Å²) in [4.78, 5) is 0. The summed E-state index contributed by atoms with van der Waals surface area (Å²) in [7, 11) is 0. The molecule has 2 atom stereocenters. The SMILES string of the molecule is CCCC1CC1NC/C=C/c1ccccc1. The third-order valence-electron chi connectivity index (χ3n) is 3.19. The first kappa shape index (κ1) is 11.4. The van der Waals surface area contributed by atoms with Crippen molar-refractivity contribution in [1.82, 2.24) is 5.32 Å². The zero-order valence-corrected chi connectivity index (χ0v) is 10.0. The average Bonchev–Trinajstić information content (AvgIpc) is 3.05. The van der Waals surface area contributed by atoms with Crippen molar-refractivity contribution < 1.29 is 0 Å². The minimum absolute atomic E-state index is 0.792. The third kappa shape index (κ3) is 3.49. The van der Waals surface area contributed by atoms with Gasteiger partial charge in [0.2, 0.25) is 0 Å². The molecule has 86 valence electrons. The van der Waals surface area contributed by atoms with Crippen LogP contribution < -0.4 is 5.32 Å². The van der Waals surface area contributed by atoms with Gasteiger partial charge in [0.05, 0.1) is 0 Å². The summed E-state index contributed by atoms with van der Waals surface area (Å²) in [5.41, 5.74) is 1.28. The number of rotatable bonds is 6. The van der Waals surface area contributed by atoms with Gasteiger partial charge in [0.15, 0.2) is 0 Å². The van der Waals surface area contributed by atoms with Crippen LogP contribution in [-0.2, 0) is 0 Å². The number of hydrogen-bond acceptors (Lipinski definition) is 1. The lowest BCUT2D eigenvalue weighted by atomic mass is 10.2. The molecule has 0 heterocycles. The molecule has 0 amide bonds. The summed E-state index contributed by atoms with van der Waals surface area (Å²) in [6, 6.07) is 11.3. The van der Waals surface area contributed by atoms with E-state index in [9.17, 15) is 0 Å². The Kier molecular flexibility index (Phi) is 4.17. The molecule has 0 aliphatic heterocycles. The molecule has 16 heavy (non-hydrogen) atoms. The van der Waals surface area contributed by atoms with E-state index in [0.717, 1.165) is 18.5 Å². The third-order valence-corrected chi connectivity index (χ3v) is 3.19. The number of benzene rings is 1. The molecule has 1 aliphatic carbocycles. The smallest absolute Gasteiger partial charge is 0.0140 e. The predicted molar refractivity (Wildman–Crippen MR) is 70.3 cm³/mol. The molecule has 1 nitrogen and oxygen atoms in total. The van der Waals surface area contributed by atoms with Gasteiger partial charge in [0, 0.05) is 12.6 Å². The molecule has 1 fully saturated rings. The molecule has 2 rings (SSSR count). The van der Waals surface area contributed by atoms with Crippen LogP contribution in [0.4, 0.5) is 0 Å². The average molecular weight is 215 g/mol. The number of hydrogen-bond donors (Lipinski definition) is 1. The van der Waals surface area contributed by atoms with E-state index in [-0.39, 0.29) is 0 Å². The Morgan fingerprint density at radius 3 is 2.88 bits per heavy atom. The molecule has 0 bridgehead atoms. The van der Waals surface area contributed by atoms with Crippen LogP contribution in [0.2, 0.25) is 0 Å². The first-order chi connectivity index (χ1) is 7.90. The van der Waals surface area contributed by atoms with Gasteiger partial charge in [-0.15, -0.1) is 0 Å². The first-order valence-electron chi connectivity index (χ1n) is 6.35. The topological polar surface area (TPSA) is 12.0 Å². The second-order valence-electron chi connectivity index (χ2n) is 4.61. The molecule has 1 aromatic carbocycles. The maximum atomic E-state index is 3.57. The Morgan fingerprint density at radius 1 is 1.31 bits per heavy atom. The Bertz CT molecular complexity index is 329. The van der Waals surface area contributed by atoms with Crippen LogP contribution in [0.25, 0.3) is 6.08 Å². The van der Waals surface area contributed by atoms with Crippen molar-refractivity contribution in [2.75, 3.05) is 6.54 Å². The van der Waals surface area contributed by atoms with E-state index in [1.54, 1.807) is 0 Å². The van der Waals surface area contributed by atoms with Gasteiger partial charge in [0.1, 0.15) is 0 Å².